The standard InChI is InChI=1S/C10H10ClFN2O2S/c11-9-4-3-8(12)7-10(9)17(15,16)14-6-2-1-5-13/h3-4,7,14H,1-2,6H2. The minimum atomic E-state index is -3.83. The first-order valence-corrected chi connectivity index (χ1v) is 6.65. The minimum Gasteiger partial charge on any atom is -0.211 e. The first kappa shape index (κ1) is 13.9. The summed E-state index contributed by atoms with van der Waals surface area (Å²) in [6.45, 7) is 0.114. The zero-order valence-electron chi connectivity index (χ0n) is 8.78. The zero-order chi connectivity index (χ0) is 12.9. The summed E-state index contributed by atoms with van der Waals surface area (Å²) in [6, 6.07) is 5.01. The van der Waals surface area contributed by atoms with Crippen LogP contribution in [0.4, 0.5) is 4.39 Å². The lowest BCUT2D eigenvalue weighted by molar-refractivity contribution is 0.576. The summed E-state index contributed by atoms with van der Waals surface area (Å²) in [6.07, 6.45) is 0.641. The lowest BCUT2D eigenvalue weighted by Gasteiger charge is -2.07. The Morgan fingerprint density at radius 3 is 2.82 bits per heavy atom. The Balaban J connectivity index is 2.83. The summed E-state index contributed by atoms with van der Waals surface area (Å²) in [4.78, 5) is -0.295. The molecule has 0 spiro atoms. The summed E-state index contributed by atoms with van der Waals surface area (Å²) in [5, 5.41) is 8.25. The molecule has 1 aromatic carbocycles. The fraction of sp³-hybridized carbons (Fsp3) is 0.300. The van der Waals surface area contributed by atoms with E-state index in [4.69, 9.17) is 16.9 Å². The molecule has 17 heavy (non-hydrogen) atoms. The first-order valence-electron chi connectivity index (χ1n) is 4.79. The summed E-state index contributed by atoms with van der Waals surface area (Å²) < 4.78 is 38.6. The number of nitriles is 1. The summed E-state index contributed by atoms with van der Waals surface area (Å²) in [5.74, 6) is -0.674. The van der Waals surface area contributed by atoms with E-state index in [0.717, 1.165) is 12.1 Å². The molecule has 92 valence electrons. The number of hydrogen-bond donors (Lipinski definition) is 1. The third-order valence-corrected chi connectivity index (χ3v) is 3.88. The number of sulfonamides is 1. The summed E-state index contributed by atoms with van der Waals surface area (Å²) in [7, 11) is -3.83. The van der Waals surface area contributed by atoms with Crippen molar-refractivity contribution in [3.8, 4) is 6.07 Å². The highest BCUT2D eigenvalue weighted by atomic mass is 35.5. The van der Waals surface area contributed by atoms with Crippen LogP contribution in [0.25, 0.3) is 0 Å². The number of rotatable bonds is 5. The zero-order valence-corrected chi connectivity index (χ0v) is 10.4. The van der Waals surface area contributed by atoms with E-state index >= 15 is 0 Å². The van der Waals surface area contributed by atoms with Gasteiger partial charge in [-0.15, -0.1) is 0 Å². The number of unbranched alkanes of at least 4 members (excludes halogenated alkanes) is 1. The van der Waals surface area contributed by atoms with Crippen molar-refractivity contribution in [3.05, 3.63) is 29.0 Å². The van der Waals surface area contributed by atoms with Gasteiger partial charge in [-0.2, -0.15) is 5.26 Å². The average molecular weight is 277 g/mol. The van der Waals surface area contributed by atoms with Gasteiger partial charge in [-0.1, -0.05) is 11.6 Å². The third kappa shape index (κ3) is 3.97. The van der Waals surface area contributed by atoms with Gasteiger partial charge in [0.2, 0.25) is 10.0 Å². The average Bonchev–Trinajstić information content (AvgIpc) is 2.28. The highest BCUT2D eigenvalue weighted by Crippen LogP contribution is 2.21. The van der Waals surface area contributed by atoms with Crippen LogP contribution in [0.3, 0.4) is 0 Å². The van der Waals surface area contributed by atoms with Gasteiger partial charge in [-0.25, -0.2) is 17.5 Å². The van der Waals surface area contributed by atoms with Gasteiger partial charge in [0.15, 0.2) is 0 Å². The molecule has 4 nitrogen and oxygen atoms in total. The minimum absolute atomic E-state index is 0.0424. The maximum atomic E-state index is 12.9. The van der Waals surface area contributed by atoms with Crippen LogP contribution in [0.15, 0.2) is 23.1 Å². The number of hydrogen-bond acceptors (Lipinski definition) is 3. The van der Waals surface area contributed by atoms with Gasteiger partial charge >= 0.3 is 0 Å². The van der Waals surface area contributed by atoms with E-state index in [-0.39, 0.29) is 22.9 Å². The predicted octanol–water partition coefficient (Wildman–Crippen LogP) is 2.06. The van der Waals surface area contributed by atoms with Crippen LogP contribution < -0.4 is 4.72 Å². The van der Waals surface area contributed by atoms with Gasteiger partial charge < -0.3 is 0 Å². The van der Waals surface area contributed by atoms with Crippen LogP contribution >= 0.6 is 11.6 Å². The summed E-state index contributed by atoms with van der Waals surface area (Å²) >= 11 is 5.68. The Labute approximate surface area is 104 Å². The Hall–Kier alpha value is -1.16. The molecule has 1 N–H and O–H groups in total. The van der Waals surface area contributed by atoms with Gasteiger partial charge in [-0.3, -0.25) is 0 Å². The molecule has 0 amide bonds. The van der Waals surface area contributed by atoms with Crippen LogP contribution in [0.5, 0.6) is 0 Å². The van der Waals surface area contributed by atoms with E-state index in [1.165, 1.54) is 6.07 Å². The monoisotopic (exact) mass is 276 g/mol. The number of halogens is 2. The van der Waals surface area contributed by atoms with Gasteiger partial charge in [0.25, 0.3) is 0 Å². The maximum absolute atomic E-state index is 12.9. The Bertz CT molecular complexity index is 540. The van der Waals surface area contributed by atoms with Gasteiger partial charge in [-0.05, 0) is 24.6 Å². The first-order chi connectivity index (χ1) is 7.97. The predicted molar refractivity (Wildman–Crippen MR) is 61.4 cm³/mol. The normalized spacial score (nSPS) is 11.1. The lowest BCUT2D eigenvalue weighted by Crippen LogP contribution is -2.25. The molecule has 0 saturated heterocycles. The van der Waals surface area contributed by atoms with Crippen LogP contribution in [0.1, 0.15) is 12.8 Å². The van der Waals surface area contributed by atoms with Crippen LogP contribution in [0, 0.1) is 17.1 Å². The second-order valence-corrected chi connectivity index (χ2v) is 5.38. The molecule has 7 heteroatoms. The quantitative estimate of drug-likeness (QED) is 0.837. The van der Waals surface area contributed by atoms with Crippen LogP contribution in [0.2, 0.25) is 5.02 Å². The molecular formula is C10H10ClFN2O2S. The van der Waals surface area contributed by atoms with E-state index < -0.39 is 15.8 Å². The van der Waals surface area contributed by atoms with E-state index in [2.05, 4.69) is 4.72 Å². The molecule has 0 atom stereocenters. The van der Waals surface area contributed by atoms with Crippen LogP contribution in [-0.4, -0.2) is 15.0 Å². The Morgan fingerprint density at radius 1 is 1.47 bits per heavy atom. The van der Waals surface area contributed by atoms with Crippen molar-refractivity contribution in [1.29, 1.82) is 5.26 Å². The molecule has 1 rings (SSSR count). The molecule has 0 aliphatic heterocycles. The second kappa shape index (κ2) is 5.96. The van der Waals surface area contributed by atoms with Crippen molar-refractivity contribution >= 4 is 21.6 Å². The smallest absolute Gasteiger partial charge is 0.211 e. The van der Waals surface area contributed by atoms with E-state index in [0.29, 0.717) is 6.42 Å². The fourth-order valence-corrected chi connectivity index (χ4v) is 2.72. The van der Waals surface area contributed by atoms with Gasteiger partial charge in [0.1, 0.15) is 10.7 Å². The number of nitrogens with zero attached hydrogens (tertiary/aromatic N) is 1. The molecule has 0 heterocycles. The molecule has 0 radical (unpaired) electrons. The highest BCUT2D eigenvalue weighted by Gasteiger charge is 2.17. The number of nitrogens with one attached hydrogen (secondary N) is 1. The Morgan fingerprint density at radius 2 is 2.18 bits per heavy atom. The van der Waals surface area contributed by atoms with Crippen LogP contribution in [-0.2, 0) is 10.0 Å². The largest absolute Gasteiger partial charge is 0.242 e. The van der Waals surface area contributed by atoms with Crippen molar-refractivity contribution in [2.24, 2.45) is 0 Å². The molecule has 0 aromatic heterocycles. The number of benzene rings is 1. The molecular weight excluding hydrogens is 267 g/mol. The molecule has 0 aliphatic rings. The summed E-state index contributed by atoms with van der Waals surface area (Å²) in [5.41, 5.74) is 0. The molecule has 0 saturated carbocycles. The van der Waals surface area contributed by atoms with E-state index in [1.807, 2.05) is 6.07 Å². The topological polar surface area (TPSA) is 70.0 Å². The van der Waals surface area contributed by atoms with Gasteiger partial charge in [0, 0.05) is 13.0 Å². The van der Waals surface area contributed by atoms with Gasteiger partial charge in [0.05, 0.1) is 11.1 Å². The van der Waals surface area contributed by atoms with Crippen molar-refractivity contribution in [2.45, 2.75) is 17.7 Å². The molecule has 0 aliphatic carbocycles. The van der Waals surface area contributed by atoms with Crippen molar-refractivity contribution in [3.63, 3.8) is 0 Å². The lowest BCUT2D eigenvalue weighted by atomic mass is 10.3. The van der Waals surface area contributed by atoms with Crippen molar-refractivity contribution in [1.82, 2.24) is 4.72 Å². The SMILES string of the molecule is N#CCCCNS(=O)(=O)c1cc(F)ccc1Cl. The van der Waals surface area contributed by atoms with Crippen molar-refractivity contribution < 1.29 is 12.8 Å². The van der Waals surface area contributed by atoms with E-state index in [9.17, 15) is 12.8 Å². The molecule has 0 bridgehead atoms. The third-order valence-electron chi connectivity index (χ3n) is 1.94. The van der Waals surface area contributed by atoms with E-state index in [1.54, 1.807) is 0 Å². The fourth-order valence-electron chi connectivity index (χ4n) is 1.13. The second-order valence-electron chi connectivity index (χ2n) is 3.23. The highest BCUT2D eigenvalue weighted by molar-refractivity contribution is 7.89. The molecule has 0 fully saturated rings. The van der Waals surface area contributed by atoms with Crippen molar-refractivity contribution in [2.75, 3.05) is 6.54 Å². The molecule has 1 aromatic rings. The maximum Gasteiger partial charge on any atom is 0.242 e. The Kier molecular flexibility index (Phi) is 4.87. The molecule has 0 unspecified atom stereocenters.